The van der Waals surface area contributed by atoms with Gasteiger partial charge in [-0.2, -0.15) is 5.10 Å². The first kappa shape index (κ1) is 22.0. The summed E-state index contributed by atoms with van der Waals surface area (Å²) in [7, 11) is 0. The third kappa shape index (κ3) is 3.62. The molecule has 2 aliphatic heterocycles. The van der Waals surface area contributed by atoms with E-state index in [-0.39, 0.29) is 24.2 Å². The lowest BCUT2D eigenvalue weighted by atomic mass is 9.86. The van der Waals surface area contributed by atoms with Crippen molar-refractivity contribution in [2.45, 2.75) is 57.8 Å². The molecule has 4 aromatic rings. The number of ether oxygens (including phenoxy) is 2. The van der Waals surface area contributed by atoms with Crippen molar-refractivity contribution in [2.75, 3.05) is 18.5 Å². The topological polar surface area (TPSA) is 105 Å². The van der Waals surface area contributed by atoms with Gasteiger partial charge in [-0.05, 0) is 51.2 Å². The van der Waals surface area contributed by atoms with Crippen LogP contribution in [0.5, 0.6) is 5.75 Å². The molecule has 36 heavy (non-hydrogen) atoms. The molecule has 3 atom stereocenters. The van der Waals surface area contributed by atoms with E-state index in [2.05, 4.69) is 30.4 Å². The molecule has 2 N–H and O–H groups in total. The van der Waals surface area contributed by atoms with E-state index in [0.717, 1.165) is 70.6 Å². The number of aryl methyl sites for hydroxylation is 1. The number of amides is 1. The minimum atomic E-state index is 0.0251. The maximum Gasteiger partial charge on any atom is 0.226 e. The molecule has 2 bridgehead atoms. The number of benzene rings is 1. The maximum atomic E-state index is 13.3. The number of nitrogens with zero attached hydrogens (tertiary/aromatic N) is 4. The minimum absolute atomic E-state index is 0.0251. The molecule has 7 rings (SSSR count). The van der Waals surface area contributed by atoms with Crippen LogP contribution in [0.4, 0.5) is 11.5 Å². The van der Waals surface area contributed by atoms with Crippen LogP contribution in [0.25, 0.3) is 21.1 Å². The third-order valence-corrected chi connectivity index (χ3v) is 8.70. The number of hydrogen-bond acceptors (Lipinski definition) is 8. The first-order chi connectivity index (χ1) is 17.5. The Morgan fingerprint density at radius 3 is 3.06 bits per heavy atom. The highest BCUT2D eigenvalue weighted by molar-refractivity contribution is 7.19. The Morgan fingerprint density at radius 2 is 2.25 bits per heavy atom. The molecule has 3 aliphatic rings. The molecule has 1 aromatic carbocycles. The molecule has 186 valence electrons. The van der Waals surface area contributed by atoms with Crippen LogP contribution in [-0.2, 0) is 22.4 Å². The highest BCUT2D eigenvalue weighted by Crippen LogP contribution is 2.42. The van der Waals surface area contributed by atoms with Gasteiger partial charge in [0.25, 0.3) is 0 Å². The van der Waals surface area contributed by atoms with Gasteiger partial charge >= 0.3 is 0 Å². The van der Waals surface area contributed by atoms with Gasteiger partial charge in [0.2, 0.25) is 5.91 Å². The van der Waals surface area contributed by atoms with Crippen molar-refractivity contribution in [1.29, 1.82) is 0 Å². The second-order valence-corrected chi connectivity index (χ2v) is 11.4. The van der Waals surface area contributed by atoms with Crippen LogP contribution in [0.3, 0.4) is 0 Å². The van der Waals surface area contributed by atoms with E-state index in [1.807, 2.05) is 26.0 Å². The summed E-state index contributed by atoms with van der Waals surface area (Å²) >= 11 is 1.69. The number of carbonyl (C=O) groups is 1. The number of thiophene rings is 1. The van der Waals surface area contributed by atoms with E-state index < -0.39 is 0 Å². The highest BCUT2D eigenvalue weighted by Gasteiger charge is 2.43. The Bertz CT molecular complexity index is 1480. The van der Waals surface area contributed by atoms with Crippen molar-refractivity contribution in [3.05, 3.63) is 35.1 Å². The van der Waals surface area contributed by atoms with Crippen LogP contribution in [-0.4, -0.2) is 62.4 Å². The molecule has 1 amide bonds. The first-order valence-electron chi connectivity index (χ1n) is 12.6. The fourth-order valence-electron chi connectivity index (χ4n) is 5.87. The van der Waals surface area contributed by atoms with E-state index >= 15 is 0 Å². The number of rotatable bonds is 5. The normalized spacial score (nSPS) is 23.1. The van der Waals surface area contributed by atoms with Crippen LogP contribution in [0, 0.1) is 5.92 Å². The zero-order chi connectivity index (χ0) is 24.4. The van der Waals surface area contributed by atoms with Crippen LogP contribution in [0.2, 0.25) is 0 Å². The van der Waals surface area contributed by atoms with Crippen LogP contribution < -0.4 is 10.1 Å². The standard InChI is InChI=1S/C26H28N6O3S/c1-13(2)35-21-8-19-15(9-29-31-19)5-20(21)30-24-23-18-4-3-14(6-22(18)36-25(23)28-12-27-24)26(33)32-10-17-7-16(32)11-34-17/h5,8-9,12-14,16-17H,3-4,6-7,10-11H2,1-2H3,(H,29,31)(H,27,28,30)/t14-,16?,17?/m0/s1. The molecule has 2 fully saturated rings. The Labute approximate surface area is 212 Å². The number of fused-ring (bicyclic) bond motifs is 6. The Kier molecular flexibility index (Phi) is 5.14. The summed E-state index contributed by atoms with van der Waals surface area (Å²) < 4.78 is 11.8. The molecule has 2 saturated heterocycles. The summed E-state index contributed by atoms with van der Waals surface area (Å²) in [5.41, 5.74) is 3.03. The lowest BCUT2D eigenvalue weighted by molar-refractivity contribution is -0.140. The average Bonchev–Trinajstić information content (AvgIpc) is 3.66. The molecule has 2 unspecified atom stereocenters. The van der Waals surface area contributed by atoms with Gasteiger partial charge < -0.3 is 19.7 Å². The number of carbonyl (C=O) groups excluding carboxylic acids is 1. The quantitative estimate of drug-likeness (QED) is 0.420. The molecule has 5 heterocycles. The molecular formula is C26H28N6O3S. The summed E-state index contributed by atoms with van der Waals surface area (Å²) in [6.45, 7) is 5.46. The number of aromatic nitrogens is 4. The van der Waals surface area contributed by atoms with Gasteiger partial charge in [-0.3, -0.25) is 9.89 Å². The van der Waals surface area contributed by atoms with Gasteiger partial charge in [0, 0.05) is 28.8 Å². The smallest absolute Gasteiger partial charge is 0.226 e. The van der Waals surface area contributed by atoms with Gasteiger partial charge in [0.05, 0.1) is 47.6 Å². The van der Waals surface area contributed by atoms with E-state index in [9.17, 15) is 4.79 Å². The van der Waals surface area contributed by atoms with E-state index in [1.165, 1.54) is 10.4 Å². The van der Waals surface area contributed by atoms with E-state index in [4.69, 9.17) is 9.47 Å². The Balaban J connectivity index is 1.20. The predicted molar refractivity (Wildman–Crippen MR) is 138 cm³/mol. The zero-order valence-corrected chi connectivity index (χ0v) is 21.1. The summed E-state index contributed by atoms with van der Waals surface area (Å²) in [6.07, 6.45) is 7.13. The molecule has 9 nitrogen and oxygen atoms in total. The van der Waals surface area contributed by atoms with Gasteiger partial charge in [-0.25, -0.2) is 9.97 Å². The summed E-state index contributed by atoms with van der Waals surface area (Å²) in [5.74, 6) is 1.84. The lowest BCUT2D eigenvalue weighted by Crippen LogP contribution is -2.45. The number of H-pyrrole nitrogens is 1. The van der Waals surface area contributed by atoms with Gasteiger partial charge in [-0.15, -0.1) is 11.3 Å². The van der Waals surface area contributed by atoms with Crippen molar-refractivity contribution in [2.24, 2.45) is 5.92 Å². The monoisotopic (exact) mass is 504 g/mol. The van der Waals surface area contributed by atoms with Crippen LogP contribution in [0.1, 0.15) is 37.1 Å². The number of hydrogen-bond donors (Lipinski definition) is 2. The average molecular weight is 505 g/mol. The fraction of sp³-hybridized carbons (Fsp3) is 0.462. The minimum Gasteiger partial charge on any atom is -0.489 e. The van der Waals surface area contributed by atoms with Crippen LogP contribution in [0.15, 0.2) is 24.7 Å². The zero-order valence-electron chi connectivity index (χ0n) is 20.3. The molecular weight excluding hydrogens is 476 g/mol. The Morgan fingerprint density at radius 1 is 1.33 bits per heavy atom. The summed E-state index contributed by atoms with van der Waals surface area (Å²) in [5, 5.41) is 12.8. The van der Waals surface area contributed by atoms with Gasteiger partial charge in [-0.1, -0.05) is 0 Å². The highest BCUT2D eigenvalue weighted by atomic mass is 32.1. The van der Waals surface area contributed by atoms with Crippen molar-refractivity contribution < 1.29 is 14.3 Å². The number of morpholine rings is 1. The Hall–Kier alpha value is -3.24. The second-order valence-electron chi connectivity index (χ2n) is 10.3. The molecule has 0 spiro atoms. The van der Waals surface area contributed by atoms with Crippen molar-refractivity contribution in [3.8, 4) is 5.75 Å². The summed E-state index contributed by atoms with van der Waals surface area (Å²) in [6, 6.07) is 4.27. The van der Waals surface area contributed by atoms with Gasteiger partial charge in [0.1, 0.15) is 22.7 Å². The molecule has 3 aromatic heterocycles. The van der Waals surface area contributed by atoms with Crippen LogP contribution >= 0.6 is 11.3 Å². The first-order valence-corrected chi connectivity index (χ1v) is 13.4. The SMILES string of the molecule is CC(C)Oc1cc2[nH]ncc2cc1Nc1ncnc2sc3c(c12)CC[C@H](C(=O)N1CC2CC1CO2)C3. The molecule has 10 heteroatoms. The van der Waals surface area contributed by atoms with Gasteiger partial charge in [0.15, 0.2) is 0 Å². The molecule has 0 radical (unpaired) electrons. The number of nitrogens with one attached hydrogen (secondary N) is 2. The molecule has 0 saturated carbocycles. The van der Waals surface area contributed by atoms with E-state index in [1.54, 1.807) is 23.9 Å². The predicted octanol–water partition coefficient (Wildman–Crippen LogP) is 4.20. The lowest BCUT2D eigenvalue weighted by Gasteiger charge is -2.32. The van der Waals surface area contributed by atoms with Crippen molar-refractivity contribution in [3.63, 3.8) is 0 Å². The molecule has 1 aliphatic carbocycles. The van der Waals surface area contributed by atoms with Crippen molar-refractivity contribution >= 4 is 49.9 Å². The fourth-order valence-corrected chi connectivity index (χ4v) is 7.14. The van der Waals surface area contributed by atoms with Crippen molar-refractivity contribution in [1.82, 2.24) is 25.1 Å². The number of likely N-dealkylation sites (tertiary alicyclic amines) is 1. The number of aromatic amines is 1. The summed E-state index contributed by atoms with van der Waals surface area (Å²) in [4.78, 5) is 26.8. The second kappa shape index (κ2) is 8.41. The number of anilines is 2. The largest absolute Gasteiger partial charge is 0.489 e. The van der Waals surface area contributed by atoms with E-state index in [0.29, 0.717) is 12.5 Å². The maximum absolute atomic E-state index is 13.3. The third-order valence-electron chi connectivity index (χ3n) is 7.53.